The number of hydrogen-bond acceptors (Lipinski definition) is 1. The summed E-state index contributed by atoms with van der Waals surface area (Å²) in [6.45, 7) is 0. The van der Waals surface area contributed by atoms with Crippen molar-refractivity contribution >= 4 is 49.3 Å². The van der Waals surface area contributed by atoms with Crippen molar-refractivity contribution < 1.29 is 5.11 Å². The summed E-state index contributed by atoms with van der Waals surface area (Å²) in [4.78, 5) is 6.72. The van der Waals surface area contributed by atoms with E-state index in [1.807, 2.05) is 42.7 Å². The molecule has 0 aliphatic carbocycles. The lowest BCUT2D eigenvalue weighted by Gasteiger charge is -2.19. The summed E-state index contributed by atoms with van der Waals surface area (Å²) in [6, 6.07) is 20.0. The Balaban J connectivity index is 1.86. The van der Waals surface area contributed by atoms with E-state index < -0.39 is 0 Å². The van der Waals surface area contributed by atoms with Gasteiger partial charge in [0, 0.05) is 50.2 Å². The van der Waals surface area contributed by atoms with E-state index in [1.165, 1.54) is 0 Å². The number of para-hydroxylation sites is 2. The van der Waals surface area contributed by atoms with Gasteiger partial charge in [-0.2, -0.15) is 0 Å². The molecular weight excluding hydrogens is 436 g/mol. The zero-order valence-electron chi connectivity index (χ0n) is 14.7. The normalized spacial score (nSPS) is 11.7. The predicted molar refractivity (Wildman–Crippen MR) is 118 cm³/mol. The van der Waals surface area contributed by atoms with E-state index in [4.69, 9.17) is 11.6 Å². The average molecular weight is 452 g/mol. The van der Waals surface area contributed by atoms with Crippen LogP contribution in [0.5, 0.6) is 5.75 Å². The summed E-state index contributed by atoms with van der Waals surface area (Å²) in [5.41, 5.74) is 5.05. The summed E-state index contributed by atoms with van der Waals surface area (Å²) in [7, 11) is 0. The number of phenolic OH excluding ortho intramolecular Hbond substituents is 1. The highest BCUT2D eigenvalue weighted by Gasteiger charge is 2.26. The van der Waals surface area contributed by atoms with Gasteiger partial charge < -0.3 is 15.1 Å². The molecule has 0 unspecified atom stereocenters. The van der Waals surface area contributed by atoms with Crippen LogP contribution in [0.2, 0.25) is 5.02 Å². The Bertz CT molecular complexity index is 1250. The van der Waals surface area contributed by atoms with Gasteiger partial charge in [0.1, 0.15) is 5.75 Å². The van der Waals surface area contributed by atoms with E-state index in [1.54, 1.807) is 6.07 Å². The molecule has 0 bridgehead atoms. The minimum Gasteiger partial charge on any atom is -0.506 e. The minimum atomic E-state index is -0.192. The Morgan fingerprint density at radius 2 is 1.32 bits per heavy atom. The quantitative estimate of drug-likeness (QED) is 0.273. The molecule has 2 aromatic heterocycles. The van der Waals surface area contributed by atoms with Gasteiger partial charge in [0.15, 0.2) is 0 Å². The predicted octanol–water partition coefficient (Wildman–Crippen LogP) is 6.95. The number of aromatic hydroxyl groups is 1. The maximum absolute atomic E-state index is 10.9. The molecule has 0 atom stereocenters. The Hall–Kier alpha value is -2.69. The van der Waals surface area contributed by atoms with Crippen molar-refractivity contribution in [3.63, 3.8) is 0 Å². The van der Waals surface area contributed by atoms with Gasteiger partial charge >= 0.3 is 0 Å². The molecule has 2 heterocycles. The lowest BCUT2D eigenvalue weighted by molar-refractivity contribution is 0.467. The zero-order chi connectivity index (χ0) is 19.3. The Labute approximate surface area is 175 Å². The molecule has 5 rings (SSSR count). The Morgan fingerprint density at radius 3 is 1.89 bits per heavy atom. The molecular formula is C23H16BrClN2O. The molecule has 5 aromatic rings. The van der Waals surface area contributed by atoms with Crippen molar-refractivity contribution in [3.05, 3.63) is 99.2 Å². The molecule has 0 spiro atoms. The number of H-pyrrole nitrogens is 2. The van der Waals surface area contributed by atoms with E-state index in [-0.39, 0.29) is 11.7 Å². The van der Waals surface area contributed by atoms with Gasteiger partial charge in [-0.25, -0.2) is 0 Å². The fourth-order valence-corrected chi connectivity index (χ4v) is 4.81. The first kappa shape index (κ1) is 17.4. The fourth-order valence-electron chi connectivity index (χ4n) is 3.97. The third kappa shape index (κ3) is 2.72. The van der Waals surface area contributed by atoms with Crippen LogP contribution >= 0.6 is 27.5 Å². The molecule has 0 aliphatic rings. The molecule has 3 nitrogen and oxygen atoms in total. The minimum absolute atomic E-state index is 0.102. The van der Waals surface area contributed by atoms with Crippen LogP contribution < -0.4 is 0 Å². The first-order chi connectivity index (χ1) is 13.6. The number of halogens is 2. The molecule has 0 saturated carbocycles. The van der Waals surface area contributed by atoms with Gasteiger partial charge in [-0.3, -0.25) is 0 Å². The van der Waals surface area contributed by atoms with Gasteiger partial charge in [-0.15, -0.1) is 0 Å². The van der Waals surface area contributed by atoms with Crippen molar-refractivity contribution in [1.29, 1.82) is 0 Å². The summed E-state index contributed by atoms with van der Waals surface area (Å²) < 4.78 is 0.829. The largest absolute Gasteiger partial charge is 0.506 e. The number of rotatable bonds is 3. The third-order valence-corrected chi connectivity index (χ3v) is 5.98. The Morgan fingerprint density at radius 1 is 0.786 bits per heavy atom. The summed E-state index contributed by atoms with van der Waals surface area (Å²) in [5, 5.41) is 13.4. The van der Waals surface area contributed by atoms with Crippen LogP contribution in [0, 0.1) is 0 Å². The molecule has 5 heteroatoms. The lowest BCUT2D eigenvalue weighted by atomic mass is 9.84. The van der Waals surface area contributed by atoms with E-state index >= 15 is 0 Å². The molecule has 0 aliphatic heterocycles. The van der Waals surface area contributed by atoms with Crippen molar-refractivity contribution in [2.24, 2.45) is 0 Å². The number of hydrogen-bond donors (Lipinski definition) is 3. The van der Waals surface area contributed by atoms with Crippen molar-refractivity contribution in [2.45, 2.75) is 5.92 Å². The van der Waals surface area contributed by atoms with E-state index in [0.717, 1.165) is 43.0 Å². The number of phenols is 1. The average Bonchev–Trinajstić information content (AvgIpc) is 3.31. The second-order valence-corrected chi connectivity index (χ2v) is 8.16. The molecule has 0 amide bonds. The molecule has 0 fully saturated rings. The lowest BCUT2D eigenvalue weighted by Crippen LogP contribution is -2.03. The maximum Gasteiger partial charge on any atom is 0.138 e. The molecule has 0 radical (unpaired) electrons. The van der Waals surface area contributed by atoms with E-state index in [9.17, 15) is 5.11 Å². The van der Waals surface area contributed by atoms with Crippen LogP contribution in [0.15, 0.2) is 77.5 Å². The van der Waals surface area contributed by atoms with Gasteiger partial charge in [0.2, 0.25) is 0 Å². The summed E-state index contributed by atoms with van der Waals surface area (Å²) in [6.07, 6.45) is 4.04. The zero-order valence-corrected chi connectivity index (χ0v) is 17.1. The number of benzene rings is 3. The molecule has 3 N–H and O–H groups in total. The summed E-state index contributed by atoms with van der Waals surface area (Å²) >= 11 is 9.86. The molecule has 138 valence electrons. The molecule has 0 saturated heterocycles. The number of aromatic amines is 2. The van der Waals surface area contributed by atoms with Gasteiger partial charge in [0.25, 0.3) is 0 Å². The second kappa shape index (κ2) is 6.73. The van der Waals surface area contributed by atoms with Crippen molar-refractivity contribution in [3.8, 4) is 5.75 Å². The van der Waals surface area contributed by atoms with Crippen LogP contribution in [0.4, 0.5) is 0 Å². The van der Waals surface area contributed by atoms with Crippen molar-refractivity contribution in [1.82, 2.24) is 9.97 Å². The standard InChI is InChI=1S/C23H16BrClN2O/c24-13-9-16(23(28)19(25)10-13)22(17-11-26-20-7-3-1-5-14(17)20)18-12-27-21-8-4-2-6-15(18)21/h1-12,22,26-28H. The van der Waals surface area contributed by atoms with E-state index in [0.29, 0.717) is 5.02 Å². The fraction of sp³-hybridized carbons (Fsp3) is 0.0435. The van der Waals surface area contributed by atoms with Crippen LogP contribution in [-0.4, -0.2) is 15.1 Å². The maximum atomic E-state index is 10.9. The second-order valence-electron chi connectivity index (χ2n) is 6.84. The highest BCUT2D eigenvalue weighted by molar-refractivity contribution is 9.10. The topological polar surface area (TPSA) is 51.8 Å². The molecule has 3 aromatic carbocycles. The van der Waals surface area contributed by atoms with E-state index in [2.05, 4.69) is 50.2 Å². The van der Waals surface area contributed by atoms with Gasteiger partial charge in [0.05, 0.1) is 5.02 Å². The molecule has 28 heavy (non-hydrogen) atoms. The van der Waals surface area contributed by atoms with Crippen LogP contribution in [0.1, 0.15) is 22.6 Å². The Kier molecular flexibility index (Phi) is 4.18. The highest BCUT2D eigenvalue weighted by Crippen LogP contribution is 2.45. The number of aromatic nitrogens is 2. The van der Waals surface area contributed by atoms with Crippen LogP contribution in [-0.2, 0) is 0 Å². The first-order valence-electron chi connectivity index (χ1n) is 8.93. The first-order valence-corrected chi connectivity index (χ1v) is 10.1. The SMILES string of the molecule is Oc1c(Cl)cc(Br)cc1C(c1c[nH]c2ccccc12)c1c[nH]c2ccccc12. The number of nitrogens with one attached hydrogen (secondary N) is 2. The third-order valence-electron chi connectivity index (χ3n) is 5.23. The van der Waals surface area contributed by atoms with Crippen LogP contribution in [0.3, 0.4) is 0 Å². The van der Waals surface area contributed by atoms with Crippen LogP contribution in [0.25, 0.3) is 21.8 Å². The van der Waals surface area contributed by atoms with Gasteiger partial charge in [-0.05, 0) is 35.4 Å². The number of fused-ring (bicyclic) bond motifs is 2. The van der Waals surface area contributed by atoms with Gasteiger partial charge in [-0.1, -0.05) is 63.9 Å². The summed E-state index contributed by atoms with van der Waals surface area (Å²) in [5.74, 6) is -0.0901. The monoisotopic (exact) mass is 450 g/mol. The van der Waals surface area contributed by atoms with Crippen molar-refractivity contribution in [2.75, 3.05) is 0 Å². The highest BCUT2D eigenvalue weighted by atomic mass is 79.9. The smallest absolute Gasteiger partial charge is 0.138 e.